The molecule has 20 heavy (non-hydrogen) atoms. The zero-order valence-corrected chi connectivity index (χ0v) is 12.7. The van der Waals surface area contributed by atoms with Crippen LogP contribution in [0.2, 0.25) is 0 Å². The highest BCUT2D eigenvalue weighted by molar-refractivity contribution is 5.95. The van der Waals surface area contributed by atoms with Gasteiger partial charge in [-0.3, -0.25) is 4.79 Å². The number of nitrogens with two attached hydrogens (primary N) is 1. The molecule has 112 valence electrons. The van der Waals surface area contributed by atoms with Crippen LogP contribution in [0.3, 0.4) is 0 Å². The molecule has 1 aromatic carbocycles. The van der Waals surface area contributed by atoms with Gasteiger partial charge in [0, 0.05) is 31.8 Å². The van der Waals surface area contributed by atoms with Gasteiger partial charge in [0.25, 0.3) is 5.91 Å². The maximum atomic E-state index is 11.9. The Morgan fingerprint density at radius 2 is 2.10 bits per heavy atom. The number of nitrogens with zero attached hydrogens (tertiary/aromatic N) is 1. The van der Waals surface area contributed by atoms with Gasteiger partial charge in [-0.25, -0.2) is 0 Å². The molecule has 0 aliphatic carbocycles. The first-order chi connectivity index (χ1) is 9.33. The van der Waals surface area contributed by atoms with Crippen molar-refractivity contribution in [3.05, 3.63) is 23.8 Å². The highest BCUT2D eigenvalue weighted by Crippen LogP contribution is 2.27. The molecule has 0 saturated heterocycles. The SMILES string of the molecule is CCC(C)(CCO)Nc1ccc(C(=O)N(C)C)cc1N. The van der Waals surface area contributed by atoms with Gasteiger partial charge in [0.15, 0.2) is 0 Å². The van der Waals surface area contributed by atoms with Gasteiger partial charge < -0.3 is 21.1 Å². The number of rotatable bonds is 6. The monoisotopic (exact) mass is 279 g/mol. The van der Waals surface area contributed by atoms with Crippen LogP contribution in [0.5, 0.6) is 0 Å². The molecule has 1 unspecified atom stereocenters. The van der Waals surface area contributed by atoms with E-state index in [4.69, 9.17) is 10.8 Å². The highest BCUT2D eigenvalue weighted by atomic mass is 16.3. The summed E-state index contributed by atoms with van der Waals surface area (Å²) in [5, 5.41) is 12.5. The van der Waals surface area contributed by atoms with Gasteiger partial charge in [0.05, 0.1) is 11.4 Å². The van der Waals surface area contributed by atoms with E-state index >= 15 is 0 Å². The number of hydrogen-bond acceptors (Lipinski definition) is 4. The van der Waals surface area contributed by atoms with Crippen molar-refractivity contribution in [2.24, 2.45) is 0 Å². The summed E-state index contributed by atoms with van der Waals surface area (Å²) in [5.41, 5.74) is 7.70. The number of benzene rings is 1. The molecule has 1 rings (SSSR count). The predicted octanol–water partition coefficient (Wildman–Crippen LogP) is 1.93. The Bertz CT molecular complexity index is 474. The number of nitrogen functional groups attached to an aromatic ring is 1. The number of aliphatic hydroxyl groups excluding tert-OH is 1. The fraction of sp³-hybridized carbons (Fsp3) is 0.533. The summed E-state index contributed by atoms with van der Waals surface area (Å²) in [6.07, 6.45) is 1.51. The lowest BCUT2D eigenvalue weighted by molar-refractivity contribution is 0.0827. The van der Waals surface area contributed by atoms with E-state index in [1.165, 1.54) is 4.90 Å². The van der Waals surface area contributed by atoms with Crippen LogP contribution >= 0.6 is 0 Å². The molecular formula is C15H25N3O2. The fourth-order valence-corrected chi connectivity index (χ4v) is 1.97. The molecule has 1 aromatic rings. The van der Waals surface area contributed by atoms with E-state index in [0.29, 0.717) is 17.7 Å². The van der Waals surface area contributed by atoms with E-state index in [2.05, 4.69) is 12.2 Å². The second kappa shape index (κ2) is 6.61. The molecule has 0 radical (unpaired) electrons. The minimum absolute atomic E-state index is 0.0724. The number of aliphatic hydroxyl groups is 1. The van der Waals surface area contributed by atoms with Crippen molar-refractivity contribution in [3.8, 4) is 0 Å². The molecule has 0 bridgehead atoms. The Balaban J connectivity index is 2.96. The second-order valence-electron chi connectivity index (χ2n) is 5.51. The molecule has 0 spiro atoms. The quantitative estimate of drug-likeness (QED) is 0.695. The van der Waals surface area contributed by atoms with E-state index in [1.54, 1.807) is 26.2 Å². The molecule has 0 aliphatic rings. The predicted molar refractivity (Wildman–Crippen MR) is 82.9 cm³/mol. The molecule has 1 atom stereocenters. The molecule has 0 fully saturated rings. The van der Waals surface area contributed by atoms with Crippen LogP contribution in [0, 0.1) is 0 Å². The zero-order valence-electron chi connectivity index (χ0n) is 12.7. The largest absolute Gasteiger partial charge is 0.397 e. The Kier molecular flexibility index (Phi) is 5.39. The van der Waals surface area contributed by atoms with Crippen molar-refractivity contribution in [1.29, 1.82) is 0 Å². The third kappa shape index (κ3) is 3.87. The smallest absolute Gasteiger partial charge is 0.253 e. The summed E-state index contributed by atoms with van der Waals surface area (Å²) < 4.78 is 0. The Labute approximate surface area is 120 Å². The topological polar surface area (TPSA) is 78.6 Å². The first kappa shape index (κ1) is 16.3. The number of nitrogens with one attached hydrogen (secondary N) is 1. The van der Waals surface area contributed by atoms with Crippen molar-refractivity contribution in [2.45, 2.75) is 32.2 Å². The fourth-order valence-electron chi connectivity index (χ4n) is 1.97. The van der Waals surface area contributed by atoms with Crippen LogP contribution in [-0.4, -0.2) is 42.2 Å². The normalized spacial score (nSPS) is 13.7. The van der Waals surface area contributed by atoms with Crippen molar-refractivity contribution < 1.29 is 9.90 Å². The maximum absolute atomic E-state index is 11.9. The third-order valence-corrected chi connectivity index (χ3v) is 3.59. The number of carbonyl (C=O) groups excluding carboxylic acids is 1. The van der Waals surface area contributed by atoms with E-state index in [1.807, 2.05) is 13.0 Å². The van der Waals surface area contributed by atoms with Gasteiger partial charge in [0.1, 0.15) is 0 Å². The summed E-state index contributed by atoms with van der Waals surface area (Å²) in [5.74, 6) is -0.0724. The standard InChI is InChI=1S/C15H25N3O2/c1-5-15(2,8-9-19)17-13-7-6-11(10-12(13)16)14(20)18(3)4/h6-7,10,17,19H,5,8-9,16H2,1-4H3. The van der Waals surface area contributed by atoms with Crippen LogP contribution < -0.4 is 11.1 Å². The summed E-state index contributed by atoms with van der Waals surface area (Å²) in [6, 6.07) is 5.26. The maximum Gasteiger partial charge on any atom is 0.253 e. The molecule has 4 N–H and O–H groups in total. The number of anilines is 2. The van der Waals surface area contributed by atoms with Gasteiger partial charge in [-0.2, -0.15) is 0 Å². The molecule has 1 amide bonds. The van der Waals surface area contributed by atoms with Gasteiger partial charge >= 0.3 is 0 Å². The Morgan fingerprint density at radius 3 is 2.55 bits per heavy atom. The van der Waals surface area contributed by atoms with E-state index < -0.39 is 0 Å². The molecular weight excluding hydrogens is 254 g/mol. The van der Waals surface area contributed by atoms with Gasteiger partial charge in [-0.1, -0.05) is 6.92 Å². The molecule has 5 heteroatoms. The highest BCUT2D eigenvalue weighted by Gasteiger charge is 2.22. The van der Waals surface area contributed by atoms with Crippen molar-refractivity contribution in [2.75, 3.05) is 31.8 Å². The van der Waals surface area contributed by atoms with Crippen molar-refractivity contribution >= 4 is 17.3 Å². The molecule has 0 aliphatic heterocycles. The van der Waals surface area contributed by atoms with Gasteiger partial charge in [-0.05, 0) is 38.0 Å². The van der Waals surface area contributed by atoms with Crippen molar-refractivity contribution in [1.82, 2.24) is 4.90 Å². The second-order valence-corrected chi connectivity index (χ2v) is 5.51. The van der Waals surface area contributed by atoms with E-state index in [0.717, 1.165) is 12.1 Å². The molecule has 0 saturated carbocycles. The third-order valence-electron chi connectivity index (χ3n) is 3.59. The minimum atomic E-state index is -0.212. The first-order valence-electron chi connectivity index (χ1n) is 6.83. The Morgan fingerprint density at radius 1 is 1.45 bits per heavy atom. The summed E-state index contributed by atoms with van der Waals surface area (Å²) in [7, 11) is 3.42. The van der Waals surface area contributed by atoms with Crippen LogP contribution in [0.25, 0.3) is 0 Å². The zero-order chi connectivity index (χ0) is 15.3. The minimum Gasteiger partial charge on any atom is -0.397 e. The van der Waals surface area contributed by atoms with Gasteiger partial charge in [-0.15, -0.1) is 0 Å². The molecule has 0 heterocycles. The number of amides is 1. The van der Waals surface area contributed by atoms with E-state index in [9.17, 15) is 4.79 Å². The first-order valence-corrected chi connectivity index (χ1v) is 6.83. The van der Waals surface area contributed by atoms with Gasteiger partial charge in [0.2, 0.25) is 0 Å². The van der Waals surface area contributed by atoms with E-state index in [-0.39, 0.29) is 18.1 Å². The average molecular weight is 279 g/mol. The lowest BCUT2D eigenvalue weighted by Gasteiger charge is -2.31. The summed E-state index contributed by atoms with van der Waals surface area (Å²) in [4.78, 5) is 13.4. The summed E-state index contributed by atoms with van der Waals surface area (Å²) >= 11 is 0. The summed E-state index contributed by atoms with van der Waals surface area (Å²) in [6.45, 7) is 4.22. The number of hydrogen-bond donors (Lipinski definition) is 3. The average Bonchev–Trinajstić information content (AvgIpc) is 2.40. The Hall–Kier alpha value is -1.75. The molecule has 5 nitrogen and oxygen atoms in total. The van der Waals surface area contributed by atoms with Crippen LogP contribution in [0.1, 0.15) is 37.0 Å². The van der Waals surface area contributed by atoms with Crippen LogP contribution in [0.15, 0.2) is 18.2 Å². The lowest BCUT2D eigenvalue weighted by atomic mass is 9.94. The van der Waals surface area contributed by atoms with Crippen molar-refractivity contribution in [3.63, 3.8) is 0 Å². The van der Waals surface area contributed by atoms with Crippen LogP contribution in [-0.2, 0) is 0 Å². The molecule has 0 aromatic heterocycles. The van der Waals surface area contributed by atoms with Crippen LogP contribution in [0.4, 0.5) is 11.4 Å². The lowest BCUT2D eigenvalue weighted by Crippen LogP contribution is -2.35. The number of carbonyl (C=O) groups is 1.